The van der Waals surface area contributed by atoms with Gasteiger partial charge in [-0.15, -0.1) is 0 Å². The summed E-state index contributed by atoms with van der Waals surface area (Å²) < 4.78 is 5.88. The summed E-state index contributed by atoms with van der Waals surface area (Å²) in [5.41, 5.74) is -0.376. The first-order valence-corrected chi connectivity index (χ1v) is 9.38. The molecule has 0 N–H and O–H groups in total. The Hall–Kier alpha value is -2.80. The predicted octanol–water partition coefficient (Wildman–Crippen LogP) is 3.75. The van der Waals surface area contributed by atoms with E-state index in [0.29, 0.717) is 42.6 Å². The third kappa shape index (κ3) is 4.36. The SMILES string of the molecule is CC(C)(Oc1ccc(Cl)cc1)C(=O)N1CCN(c2ccccc2[N+](=O)[O-])CC1. The van der Waals surface area contributed by atoms with Crippen LogP contribution in [-0.2, 0) is 4.79 Å². The first-order valence-electron chi connectivity index (χ1n) is 9.00. The monoisotopic (exact) mass is 403 g/mol. The first kappa shape index (κ1) is 19.9. The number of nitro groups is 1. The van der Waals surface area contributed by atoms with Gasteiger partial charge >= 0.3 is 0 Å². The molecule has 0 spiro atoms. The highest BCUT2D eigenvalue weighted by atomic mass is 35.5. The molecule has 7 nitrogen and oxygen atoms in total. The number of carbonyl (C=O) groups is 1. The molecule has 0 radical (unpaired) electrons. The molecule has 3 rings (SSSR count). The smallest absolute Gasteiger partial charge is 0.292 e. The lowest BCUT2D eigenvalue weighted by atomic mass is 10.1. The maximum atomic E-state index is 13.0. The average molecular weight is 404 g/mol. The number of halogens is 1. The van der Waals surface area contributed by atoms with Crippen LogP contribution < -0.4 is 9.64 Å². The maximum Gasteiger partial charge on any atom is 0.292 e. The zero-order valence-corrected chi connectivity index (χ0v) is 16.6. The number of rotatable bonds is 5. The number of ether oxygens (including phenoxy) is 1. The van der Waals surface area contributed by atoms with Crippen LogP contribution in [0.15, 0.2) is 48.5 Å². The molecule has 2 aromatic rings. The Morgan fingerprint density at radius 2 is 1.68 bits per heavy atom. The fourth-order valence-corrected chi connectivity index (χ4v) is 3.38. The standard InChI is InChI=1S/C20H22ClN3O4/c1-20(2,28-16-9-7-15(21)8-10-16)19(25)23-13-11-22(12-14-23)17-5-3-4-6-18(17)24(26)27/h3-10H,11-14H2,1-2H3. The van der Waals surface area contributed by atoms with Crippen LogP contribution in [0, 0.1) is 10.1 Å². The van der Waals surface area contributed by atoms with Gasteiger partial charge in [0.05, 0.1) is 4.92 Å². The summed E-state index contributed by atoms with van der Waals surface area (Å²) in [6.45, 7) is 5.45. The van der Waals surface area contributed by atoms with Crippen molar-refractivity contribution in [2.24, 2.45) is 0 Å². The summed E-state index contributed by atoms with van der Waals surface area (Å²) in [6, 6.07) is 13.5. The van der Waals surface area contributed by atoms with Gasteiger partial charge in [0.15, 0.2) is 5.60 Å². The first-order chi connectivity index (χ1) is 13.3. The number of nitro benzene ring substituents is 1. The minimum atomic E-state index is -1.03. The molecule has 0 unspecified atom stereocenters. The molecule has 1 amide bonds. The molecule has 0 bridgehead atoms. The van der Waals surface area contributed by atoms with Crippen molar-refractivity contribution in [2.75, 3.05) is 31.1 Å². The van der Waals surface area contributed by atoms with Crippen molar-refractivity contribution in [3.05, 3.63) is 63.7 Å². The van der Waals surface area contributed by atoms with Crippen molar-refractivity contribution in [2.45, 2.75) is 19.4 Å². The van der Waals surface area contributed by atoms with Gasteiger partial charge in [0.1, 0.15) is 11.4 Å². The van der Waals surface area contributed by atoms with Crippen LogP contribution in [0.5, 0.6) is 5.75 Å². The molecule has 8 heteroatoms. The summed E-state index contributed by atoms with van der Waals surface area (Å²) in [5, 5.41) is 11.9. The third-order valence-electron chi connectivity index (χ3n) is 4.69. The third-order valence-corrected chi connectivity index (χ3v) is 4.94. The quantitative estimate of drug-likeness (QED) is 0.561. The lowest BCUT2D eigenvalue weighted by molar-refractivity contribution is -0.384. The van der Waals surface area contributed by atoms with E-state index < -0.39 is 5.60 Å². The molecule has 1 heterocycles. The lowest BCUT2D eigenvalue weighted by Gasteiger charge is -2.39. The van der Waals surface area contributed by atoms with Crippen LogP contribution in [0.2, 0.25) is 5.02 Å². The summed E-state index contributed by atoms with van der Waals surface area (Å²) >= 11 is 5.88. The van der Waals surface area contributed by atoms with Crippen molar-refractivity contribution in [1.29, 1.82) is 0 Å². The number of carbonyl (C=O) groups excluding carboxylic acids is 1. The molecule has 148 valence electrons. The highest BCUT2D eigenvalue weighted by Crippen LogP contribution is 2.29. The molecule has 1 fully saturated rings. The molecule has 1 saturated heterocycles. The highest BCUT2D eigenvalue weighted by Gasteiger charge is 2.36. The second-order valence-corrected chi connectivity index (χ2v) is 7.53. The number of amides is 1. The van der Waals surface area contributed by atoms with Crippen LogP contribution in [0.4, 0.5) is 11.4 Å². The molecule has 0 saturated carbocycles. The van der Waals surface area contributed by atoms with E-state index in [1.165, 1.54) is 6.07 Å². The van der Waals surface area contributed by atoms with Crippen LogP contribution in [0.25, 0.3) is 0 Å². The molecular formula is C20H22ClN3O4. The van der Waals surface area contributed by atoms with E-state index in [0.717, 1.165) is 0 Å². The minimum Gasteiger partial charge on any atom is -0.478 e. The topological polar surface area (TPSA) is 75.9 Å². The Morgan fingerprint density at radius 3 is 2.29 bits per heavy atom. The second kappa shape index (κ2) is 8.06. The van der Waals surface area contributed by atoms with Gasteiger partial charge in [-0.05, 0) is 44.2 Å². The van der Waals surface area contributed by atoms with Gasteiger partial charge in [0.25, 0.3) is 11.6 Å². The zero-order valence-electron chi connectivity index (χ0n) is 15.8. The molecule has 0 aliphatic carbocycles. The largest absolute Gasteiger partial charge is 0.478 e. The Balaban J connectivity index is 1.65. The number of piperazine rings is 1. The Labute approximate surface area is 168 Å². The van der Waals surface area contributed by atoms with Crippen molar-refractivity contribution in [3.8, 4) is 5.75 Å². The molecular weight excluding hydrogens is 382 g/mol. The number of anilines is 1. The fraction of sp³-hybridized carbons (Fsp3) is 0.350. The van der Waals surface area contributed by atoms with Gasteiger partial charge in [0, 0.05) is 37.3 Å². The molecule has 2 aromatic carbocycles. The van der Waals surface area contributed by atoms with Crippen molar-refractivity contribution in [3.63, 3.8) is 0 Å². The number of benzene rings is 2. The van der Waals surface area contributed by atoms with Gasteiger partial charge in [0.2, 0.25) is 0 Å². The van der Waals surface area contributed by atoms with Gasteiger partial charge in [-0.3, -0.25) is 14.9 Å². The van der Waals surface area contributed by atoms with E-state index in [9.17, 15) is 14.9 Å². The van der Waals surface area contributed by atoms with E-state index >= 15 is 0 Å². The molecule has 1 aliphatic heterocycles. The molecule has 28 heavy (non-hydrogen) atoms. The molecule has 0 aromatic heterocycles. The molecule has 1 aliphatic rings. The van der Waals surface area contributed by atoms with Crippen LogP contribution in [-0.4, -0.2) is 47.5 Å². The van der Waals surface area contributed by atoms with E-state index in [4.69, 9.17) is 16.3 Å². The van der Waals surface area contributed by atoms with E-state index in [-0.39, 0.29) is 16.5 Å². The van der Waals surface area contributed by atoms with Crippen LogP contribution >= 0.6 is 11.6 Å². The Bertz CT molecular complexity index is 862. The van der Waals surface area contributed by atoms with Gasteiger partial charge in [-0.25, -0.2) is 0 Å². The lowest BCUT2D eigenvalue weighted by Crippen LogP contribution is -2.55. The highest BCUT2D eigenvalue weighted by molar-refractivity contribution is 6.30. The van der Waals surface area contributed by atoms with Gasteiger partial charge in [-0.2, -0.15) is 0 Å². The summed E-state index contributed by atoms with van der Waals surface area (Å²) in [6.07, 6.45) is 0. The van der Waals surface area contributed by atoms with Crippen molar-refractivity contribution in [1.82, 2.24) is 4.90 Å². The van der Waals surface area contributed by atoms with E-state index in [2.05, 4.69) is 0 Å². The number of nitrogens with zero attached hydrogens (tertiary/aromatic N) is 3. The zero-order chi connectivity index (χ0) is 20.3. The Kier molecular flexibility index (Phi) is 5.74. The summed E-state index contributed by atoms with van der Waals surface area (Å²) in [4.78, 5) is 27.5. The maximum absolute atomic E-state index is 13.0. The summed E-state index contributed by atoms with van der Waals surface area (Å²) in [7, 11) is 0. The second-order valence-electron chi connectivity index (χ2n) is 7.09. The van der Waals surface area contributed by atoms with Crippen molar-refractivity contribution < 1.29 is 14.5 Å². The molecule has 0 atom stereocenters. The normalized spacial score (nSPS) is 14.7. The predicted molar refractivity (Wildman–Crippen MR) is 108 cm³/mol. The van der Waals surface area contributed by atoms with Gasteiger partial charge < -0.3 is 14.5 Å². The van der Waals surface area contributed by atoms with Crippen molar-refractivity contribution >= 4 is 28.9 Å². The van der Waals surface area contributed by atoms with E-state index in [1.807, 2.05) is 4.90 Å². The van der Waals surface area contributed by atoms with Crippen LogP contribution in [0.3, 0.4) is 0 Å². The Morgan fingerprint density at radius 1 is 1.07 bits per heavy atom. The minimum absolute atomic E-state index is 0.0775. The number of para-hydroxylation sites is 2. The average Bonchev–Trinajstić information content (AvgIpc) is 2.69. The van der Waals surface area contributed by atoms with Crippen LogP contribution in [0.1, 0.15) is 13.8 Å². The fourth-order valence-electron chi connectivity index (χ4n) is 3.26. The van der Waals surface area contributed by atoms with Gasteiger partial charge in [-0.1, -0.05) is 23.7 Å². The number of hydrogen-bond acceptors (Lipinski definition) is 5. The summed E-state index contributed by atoms with van der Waals surface area (Å²) in [5.74, 6) is 0.450. The van der Waals surface area contributed by atoms with E-state index in [1.54, 1.807) is 61.2 Å². The number of hydrogen-bond donors (Lipinski definition) is 0.